The average molecular weight is 851 g/mol. The van der Waals surface area contributed by atoms with Gasteiger partial charge in [-0.05, 0) is 89.3 Å². The highest BCUT2D eigenvalue weighted by molar-refractivity contribution is 9.10. The van der Waals surface area contributed by atoms with E-state index in [4.69, 9.17) is 14.8 Å². The summed E-state index contributed by atoms with van der Waals surface area (Å²) in [4.78, 5) is 20.1. The fourth-order valence-corrected chi connectivity index (χ4v) is 9.41. The molecule has 0 fully saturated rings. The first kappa shape index (κ1) is 41.2. The third-order valence-electron chi connectivity index (χ3n) is 9.07. The largest absolute Gasteiger partial charge is 0.460 e. The lowest BCUT2D eigenvalue weighted by atomic mass is 9.75. The zero-order valence-corrected chi connectivity index (χ0v) is 34.5. The molecule has 2 heterocycles. The van der Waals surface area contributed by atoms with Crippen LogP contribution in [0.4, 0.5) is 18.0 Å². The van der Waals surface area contributed by atoms with E-state index in [1.54, 1.807) is 46.1 Å². The maximum atomic E-state index is 15.6. The molecule has 5 aromatic rings. The van der Waals surface area contributed by atoms with E-state index in [0.29, 0.717) is 45.1 Å². The van der Waals surface area contributed by atoms with Crippen LogP contribution in [0.1, 0.15) is 57.0 Å². The van der Waals surface area contributed by atoms with Crippen molar-refractivity contribution >= 4 is 67.6 Å². The smallest absolute Gasteiger partial charge is 0.382 e. The van der Waals surface area contributed by atoms with Crippen LogP contribution in [0.25, 0.3) is 22.3 Å². The number of aromatic nitrogens is 4. The van der Waals surface area contributed by atoms with E-state index in [0.717, 1.165) is 53.4 Å². The van der Waals surface area contributed by atoms with Gasteiger partial charge in [0, 0.05) is 52.2 Å². The van der Waals surface area contributed by atoms with Crippen LogP contribution in [-0.2, 0) is 23.7 Å². The molecule has 0 aliphatic carbocycles. The molecule has 0 aliphatic rings. The number of nitrogens with zero attached hydrogens (tertiary/aromatic N) is 4. The summed E-state index contributed by atoms with van der Waals surface area (Å²) in [6.45, 7) is 7.18. The Morgan fingerprint density at radius 2 is 1.87 bits per heavy atom. The quantitative estimate of drug-likeness (QED) is 0.0435. The molecule has 2 N–H and O–H groups in total. The first-order valence-electron chi connectivity index (χ1n) is 17.0. The van der Waals surface area contributed by atoms with Crippen molar-refractivity contribution in [1.29, 1.82) is 0 Å². The van der Waals surface area contributed by atoms with E-state index in [1.807, 2.05) is 25.2 Å². The monoisotopic (exact) mass is 849 g/mol. The van der Waals surface area contributed by atoms with E-state index in [2.05, 4.69) is 47.8 Å². The van der Waals surface area contributed by atoms with Crippen molar-refractivity contribution in [2.24, 2.45) is 12.5 Å². The molecule has 0 spiro atoms. The number of aryl methyl sites for hydroxylation is 1. The summed E-state index contributed by atoms with van der Waals surface area (Å²) in [5.41, 5.74) is 1.54. The maximum absolute atomic E-state index is 15.6. The standard InChI is InChI=1S/C38H43BrF3N5O3S3/c1-37(2,22-51-18-17-48)14-8-15-38(3,24-10-7-9-23(19-24)21-46(4)53-36(49)50-6)35-44-34(47(5)45-35)27-20-25(11-12-28(27)40)52-33-29(39)26-13-16-43-32(26)30(41)31(33)42/h7,9-13,16,19-20,43,48H,8,14-15,17-18,21-22H2,1-6H3. The lowest BCUT2D eigenvalue weighted by Gasteiger charge is -2.31. The molecule has 3 aromatic carbocycles. The zero-order chi connectivity index (χ0) is 38.5. The fraction of sp³-hybridized carbons (Fsp3) is 0.395. The van der Waals surface area contributed by atoms with Crippen LogP contribution in [0, 0.1) is 22.9 Å². The van der Waals surface area contributed by atoms with Crippen LogP contribution >= 0.6 is 51.4 Å². The molecule has 0 aliphatic heterocycles. The number of aromatic amines is 1. The number of aliphatic hydroxyl groups is 1. The number of methoxy groups -OCH3 is 1. The van der Waals surface area contributed by atoms with E-state index in [-0.39, 0.29) is 28.0 Å². The Morgan fingerprint density at radius 3 is 2.60 bits per heavy atom. The van der Waals surface area contributed by atoms with Gasteiger partial charge in [-0.1, -0.05) is 56.3 Å². The minimum Gasteiger partial charge on any atom is -0.460 e. The molecule has 0 saturated carbocycles. The molecule has 0 bridgehead atoms. The summed E-state index contributed by atoms with van der Waals surface area (Å²) in [7, 11) is 4.88. The van der Waals surface area contributed by atoms with Gasteiger partial charge in [0.15, 0.2) is 23.3 Å². The van der Waals surface area contributed by atoms with Gasteiger partial charge in [0.1, 0.15) is 5.82 Å². The number of hydrogen-bond donors (Lipinski definition) is 2. The van der Waals surface area contributed by atoms with Gasteiger partial charge in [0.25, 0.3) is 0 Å². The van der Waals surface area contributed by atoms with Crippen LogP contribution in [0.2, 0.25) is 0 Å². The van der Waals surface area contributed by atoms with Crippen LogP contribution in [0.15, 0.2) is 69.0 Å². The van der Waals surface area contributed by atoms with Gasteiger partial charge < -0.3 is 14.8 Å². The fourth-order valence-electron chi connectivity index (χ4n) is 6.22. The second-order valence-corrected chi connectivity index (χ2v) is 17.9. The van der Waals surface area contributed by atoms with Gasteiger partial charge in [0.05, 0.1) is 35.1 Å². The molecule has 1 unspecified atom stereocenters. The average Bonchev–Trinajstić information content (AvgIpc) is 3.77. The van der Waals surface area contributed by atoms with Crippen LogP contribution in [-0.4, -0.2) is 66.7 Å². The highest BCUT2D eigenvalue weighted by atomic mass is 79.9. The van der Waals surface area contributed by atoms with E-state index in [1.165, 1.54) is 19.2 Å². The number of thioether (sulfide) groups is 1. The lowest BCUT2D eigenvalue weighted by molar-refractivity contribution is 0.199. The van der Waals surface area contributed by atoms with Crippen LogP contribution in [0.3, 0.4) is 0 Å². The molecular weight excluding hydrogens is 808 g/mol. The van der Waals surface area contributed by atoms with Crippen LogP contribution in [0.5, 0.6) is 0 Å². The normalized spacial score (nSPS) is 13.2. The number of ether oxygens (including phenoxy) is 1. The number of carbonyl (C=O) groups is 1. The molecule has 0 amide bonds. The Labute approximate surface area is 329 Å². The summed E-state index contributed by atoms with van der Waals surface area (Å²) >= 11 is 7.14. The maximum Gasteiger partial charge on any atom is 0.382 e. The molecule has 284 valence electrons. The van der Waals surface area contributed by atoms with E-state index < -0.39 is 28.2 Å². The molecule has 15 heteroatoms. The van der Waals surface area contributed by atoms with E-state index in [9.17, 15) is 14.3 Å². The highest BCUT2D eigenvalue weighted by Gasteiger charge is 2.35. The summed E-state index contributed by atoms with van der Waals surface area (Å²) in [5.74, 6) is -0.103. The zero-order valence-electron chi connectivity index (χ0n) is 30.4. The van der Waals surface area contributed by atoms with Gasteiger partial charge in [-0.3, -0.25) is 0 Å². The number of aliphatic hydroxyl groups excluding tert-OH is 1. The summed E-state index contributed by atoms with van der Waals surface area (Å²) in [5, 5.41) is 14.2. The predicted octanol–water partition coefficient (Wildman–Crippen LogP) is 10.4. The Morgan fingerprint density at radius 1 is 1.09 bits per heavy atom. The number of rotatable bonds is 16. The second kappa shape index (κ2) is 17.7. The van der Waals surface area contributed by atoms with Crippen molar-refractivity contribution in [3.63, 3.8) is 0 Å². The molecule has 0 radical (unpaired) electrons. The van der Waals surface area contributed by atoms with Crippen molar-refractivity contribution in [2.75, 3.05) is 32.3 Å². The van der Waals surface area contributed by atoms with Crippen molar-refractivity contribution in [2.45, 2.75) is 61.8 Å². The van der Waals surface area contributed by atoms with Gasteiger partial charge >= 0.3 is 5.30 Å². The Bertz CT molecular complexity index is 2080. The highest BCUT2D eigenvalue weighted by Crippen LogP contribution is 2.43. The molecule has 5 rings (SSSR count). The Kier molecular flexibility index (Phi) is 13.7. The first-order valence-corrected chi connectivity index (χ1v) is 20.5. The number of halogens is 4. The molecule has 1 atom stereocenters. The third-order valence-corrected chi connectivity index (χ3v) is 13.5. The second-order valence-electron chi connectivity index (χ2n) is 13.8. The van der Waals surface area contributed by atoms with Crippen LogP contribution < -0.4 is 0 Å². The Balaban J connectivity index is 1.50. The Hall–Kier alpha value is -2.95. The summed E-state index contributed by atoms with van der Waals surface area (Å²) < 4.78 is 54.4. The number of hydrogen-bond acceptors (Lipinski definition) is 9. The SMILES string of the molecule is COC(=O)SN(C)Cc1cccc(C(C)(CCCC(C)(C)CSCCO)c2nc(-c3cc(Sc4c(F)c(F)c5[nH]ccc5c4Br)ccc3F)n(C)n2)c1. The predicted molar refractivity (Wildman–Crippen MR) is 213 cm³/mol. The molecular formula is C38H43BrF3N5O3S3. The van der Waals surface area contributed by atoms with Crippen molar-refractivity contribution in [1.82, 2.24) is 24.1 Å². The molecule has 8 nitrogen and oxygen atoms in total. The third kappa shape index (κ3) is 9.65. The van der Waals surface area contributed by atoms with Gasteiger partial charge in [0.2, 0.25) is 0 Å². The minimum absolute atomic E-state index is 0.0311. The van der Waals surface area contributed by atoms with Crippen molar-refractivity contribution in [3.8, 4) is 11.4 Å². The number of fused-ring (bicyclic) bond motifs is 1. The molecule has 53 heavy (non-hydrogen) atoms. The number of H-pyrrole nitrogens is 1. The molecule has 2 aromatic heterocycles. The van der Waals surface area contributed by atoms with Gasteiger partial charge in [-0.15, -0.1) is 0 Å². The van der Waals surface area contributed by atoms with Gasteiger partial charge in [-0.25, -0.2) is 31.9 Å². The minimum atomic E-state index is -1.01. The molecule has 0 saturated heterocycles. The topological polar surface area (TPSA) is 96.3 Å². The number of benzene rings is 3. The number of carbonyl (C=O) groups excluding carboxylic acids is 1. The van der Waals surface area contributed by atoms with E-state index >= 15 is 8.78 Å². The van der Waals surface area contributed by atoms with Gasteiger partial charge in [-0.2, -0.15) is 16.9 Å². The summed E-state index contributed by atoms with van der Waals surface area (Å²) in [6, 6.07) is 14.2. The summed E-state index contributed by atoms with van der Waals surface area (Å²) in [6.07, 6.45) is 4.01. The van der Waals surface area contributed by atoms with Crippen molar-refractivity contribution < 1.29 is 27.8 Å². The number of nitrogens with one attached hydrogen (secondary N) is 1. The lowest BCUT2D eigenvalue weighted by Crippen LogP contribution is -2.27. The van der Waals surface area contributed by atoms with Crippen molar-refractivity contribution in [3.05, 3.63) is 93.6 Å². The first-order chi connectivity index (χ1) is 25.2.